The van der Waals surface area contributed by atoms with Gasteiger partial charge in [-0.1, -0.05) is 166 Å². The molecule has 0 atom stereocenters. The van der Waals surface area contributed by atoms with Crippen LogP contribution in [0.4, 0.5) is 17.1 Å². The van der Waals surface area contributed by atoms with E-state index in [1.54, 1.807) is 0 Å². The number of nitrogens with zero attached hydrogens (tertiary/aromatic N) is 1. The van der Waals surface area contributed by atoms with Crippen LogP contribution in [-0.4, -0.2) is 0 Å². The number of hydrogen-bond donors (Lipinski definition) is 0. The van der Waals surface area contributed by atoms with Crippen molar-refractivity contribution in [2.24, 2.45) is 0 Å². The maximum Gasteiger partial charge on any atom is 0.135 e. The molecule has 0 saturated carbocycles. The molecule has 2 aromatic heterocycles. The summed E-state index contributed by atoms with van der Waals surface area (Å²) < 4.78 is 8.89. The average Bonchev–Trinajstić information content (AvgIpc) is 3.98. The lowest BCUT2D eigenvalue weighted by molar-refractivity contribution is 0.662. The zero-order valence-corrected chi connectivity index (χ0v) is 36.3. The van der Waals surface area contributed by atoms with Gasteiger partial charge in [0, 0.05) is 53.3 Å². The van der Waals surface area contributed by atoms with Gasteiger partial charge in [0.1, 0.15) is 11.2 Å². The molecule has 0 unspecified atom stereocenters. The topological polar surface area (TPSA) is 16.4 Å². The SMILES string of the molecule is CC1(C)c2ccccc2-c2cccc(-c3ccc(N(c4ccc5c(c4)sc4ccccc45)c4cccc(-c5ccc6oc7ccccc7c6c5)c4-c4ccc5ccccc5c4)cc3)c21. The molecule has 0 radical (unpaired) electrons. The minimum atomic E-state index is -0.117. The second-order valence-electron chi connectivity index (χ2n) is 17.6. The van der Waals surface area contributed by atoms with E-state index in [0.717, 1.165) is 55.7 Å². The Kier molecular flexibility index (Phi) is 8.16. The summed E-state index contributed by atoms with van der Waals surface area (Å²) in [5.41, 5.74) is 17.6. The van der Waals surface area contributed by atoms with Gasteiger partial charge in [-0.05, 0) is 122 Å². The number of thiophene rings is 1. The zero-order valence-electron chi connectivity index (χ0n) is 35.5. The third-order valence-electron chi connectivity index (χ3n) is 13.6. The van der Waals surface area contributed by atoms with Crippen molar-refractivity contribution in [2.75, 3.05) is 4.90 Å². The second-order valence-corrected chi connectivity index (χ2v) is 18.7. The Bertz CT molecular complexity index is 3830. The molecule has 0 amide bonds. The number of benzene rings is 10. The quantitative estimate of drug-likeness (QED) is 0.166. The molecule has 2 heterocycles. The lowest BCUT2D eigenvalue weighted by atomic mass is 9.79. The normalized spacial score (nSPS) is 13.0. The van der Waals surface area contributed by atoms with Gasteiger partial charge in [0.25, 0.3) is 0 Å². The maximum atomic E-state index is 6.33. The Morgan fingerprint density at radius 3 is 1.97 bits per heavy atom. The summed E-state index contributed by atoms with van der Waals surface area (Å²) in [5, 5.41) is 7.25. The number of rotatable bonds is 6. The van der Waals surface area contributed by atoms with E-state index in [0.29, 0.717) is 0 Å². The summed E-state index contributed by atoms with van der Waals surface area (Å²) in [6, 6.07) is 78.1. The Morgan fingerprint density at radius 2 is 1.06 bits per heavy atom. The summed E-state index contributed by atoms with van der Waals surface area (Å²) in [5.74, 6) is 0. The van der Waals surface area contributed by atoms with Crippen LogP contribution in [0, 0.1) is 0 Å². The van der Waals surface area contributed by atoms with E-state index in [2.05, 4.69) is 225 Å². The molecular formula is C61H41NOS. The van der Waals surface area contributed by atoms with Crippen molar-refractivity contribution in [2.45, 2.75) is 19.3 Å². The first-order valence-corrected chi connectivity index (χ1v) is 22.9. The van der Waals surface area contributed by atoms with Gasteiger partial charge < -0.3 is 9.32 Å². The zero-order chi connectivity index (χ0) is 42.5. The van der Waals surface area contributed by atoms with Crippen molar-refractivity contribution < 1.29 is 4.42 Å². The first-order valence-electron chi connectivity index (χ1n) is 22.1. The van der Waals surface area contributed by atoms with Gasteiger partial charge in [0.2, 0.25) is 0 Å². The van der Waals surface area contributed by atoms with Crippen molar-refractivity contribution in [3.8, 4) is 44.5 Å². The summed E-state index contributed by atoms with van der Waals surface area (Å²) in [6.45, 7) is 4.74. The van der Waals surface area contributed by atoms with Gasteiger partial charge in [-0.15, -0.1) is 11.3 Å². The number of hydrogen-bond acceptors (Lipinski definition) is 3. The Hall–Kier alpha value is -7.72. The van der Waals surface area contributed by atoms with Crippen LogP contribution in [0.5, 0.6) is 0 Å². The van der Waals surface area contributed by atoms with Crippen LogP contribution in [0.25, 0.3) is 97.4 Å². The number of anilines is 3. The summed E-state index contributed by atoms with van der Waals surface area (Å²) in [4.78, 5) is 2.47. The highest BCUT2D eigenvalue weighted by Crippen LogP contribution is 2.53. The van der Waals surface area contributed by atoms with Gasteiger partial charge >= 0.3 is 0 Å². The van der Waals surface area contributed by atoms with Gasteiger partial charge in [0.05, 0.1) is 5.69 Å². The van der Waals surface area contributed by atoms with Crippen LogP contribution in [0.3, 0.4) is 0 Å². The molecule has 0 fully saturated rings. The van der Waals surface area contributed by atoms with Crippen LogP contribution in [-0.2, 0) is 5.41 Å². The maximum absolute atomic E-state index is 6.33. The molecule has 0 saturated heterocycles. The number of para-hydroxylation sites is 1. The van der Waals surface area contributed by atoms with Crippen LogP contribution >= 0.6 is 11.3 Å². The summed E-state index contributed by atoms with van der Waals surface area (Å²) in [7, 11) is 0. The van der Waals surface area contributed by atoms with Gasteiger partial charge in [-0.2, -0.15) is 0 Å². The van der Waals surface area contributed by atoms with Crippen molar-refractivity contribution in [3.63, 3.8) is 0 Å². The lowest BCUT2D eigenvalue weighted by Crippen LogP contribution is -2.16. The molecule has 1 aliphatic rings. The molecule has 13 rings (SSSR count). The predicted molar refractivity (Wildman–Crippen MR) is 273 cm³/mol. The molecule has 1 aliphatic carbocycles. The predicted octanol–water partition coefficient (Wildman–Crippen LogP) is 17.9. The molecule has 0 aliphatic heterocycles. The molecule has 3 heteroatoms. The average molecular weight is 836 g/mol. The van der Waals surface area contributed by atoms with Crippen LogP contribution < -0.4 is 4.90 Å². The van der Waals surface area contributed by atoms with E-state index >= 15 is 0 Å². The summed E-state index contributed by atoms with van der Waals surface area (Å²) in [6.07, 6.45) is 0. The molecule has 2 nitrogen and oxygen atoms in total. The van der Waals surface area contributed by atoms with Gasteiger partial charge in [0.15, 0.2) is 0 Å². The minimum Gasteiger partial charge on any atom is -0.456 e. The largest absolute Gasteiger partial charge is 0.456 e. The first-order chi connectivity index (χ1) is 31.5. The highest BCUT2D eigenvalue weighted by molar-refractivity contribution is 7.25. The van der Waals surface area contributed by atoms with Gasteiger partial charge in [-0.25, -0.2) is 0 Å². The fraction of sp³-hybridized carbons (Fsp3) is 0.0492. The van der Waals surface area contributed by atoms with E-state index in [9.17, 15) is 0 Å². The molecule has 0 spiro atoms. The van der Waals surface area contributed by atoms with Crippen molar-refractivity contribution in [1.29, 1.82) is 0 Å². The number of fused-ring (bicyclic) bond motifs is 10. The van der Waals surface area contributed by atoms with Gasteiger partial charge in [-0.3, -0.25) is 0 Å². The monoisotopic (exact) mass is 835 g/mol. The number of furan rings is 1. The fourth-order valence-electron chi connectivity index (χ4n) is 10.7. The molecule has 0 bridgehead atoms. The Balaban J connectivity index is 1.04. The smallest absolute Gasteiger partial charge is 0.135 e. The highest BCUT2D eigenvalue weighted by Gasteiger charge is 2.37. The molecule has 10 aromatic carbocycles. The van der Waals surface area contributed by atoms with Crippen LogP contribution in [0.1, 0.15) is 25.0 Å². The van der Waals surface area contributed by atoms with Crippen molar-refractivity contribution in [3.05, 3.63) is 223 Å². The van der Waals surface area contributed by atoms with Crippen LogP contribution in [0.15, 0.2) is 217 Å². The molecule has 302 valence electrons. The third-order valence-corrected chi connectivity index (χ3v) is 14.8. The molecule has 0 N–H and O–H groups in total. The molecule has 12 aromatic rings. The lowest BCUT2D eigenvalue weighted by Gasteiger charge is -2.30. The standard InChI is InChI=1S/C61H41NOS/c1-61(2)53-21-8-5-15-47(53)51-20-11-19-46(60(51)61)39-27-30-43(31-28-39)62(44-32-33-50-49-17-7-10-24-57(49)64-58(50)37-44)54-22-12-18-45(59(54)42-26-25-38-13-3-4-14-40(38)35-42)41-29-34-56-52(36-41)48-16-6-9-23-55(48)63-56/h3-37H,1-2H3. The van der Waals surface area contributed by atoms with E-state index in [1.807, 2.05) is 17.4 Å². The highest BCUT2D eigenvalue weighted by atomic mass is 32.1. The third kappa shape index (κ3) is 5.64. The van der Waals surface area contributed by atoms with Crippen molar-refractivity contribution in [1.82, 2.24) is 0 Å². The van der Waals surface area contributed by atoms with Crippen LogP contribution in [0.2, 0.25) is 0 Å². The van der Waals surface area contributed by atoms with E-state index in [1.165, 1.54) is 69.9 Å². The van der Waals surface area contributed by atoms with Crippen molar-refractivity contribution >= 4 is 81.3 Å². The molecule has 64 heavy (non-hydrogen) atoms. The first kappa shape index (κ1) is 36.9. The fourth-order valence-corrected chi connectivity index (χ4v) is 11.8. The second kappa shape index (κ2) is 14.2. The van der Waals surface area contributed by atoms with E-state index in [4.69, 9.17) is 4.42 Å². The minimum absolute atomic E-state index is 0.117. The van der Waals surface area contributed by atoms with E-state index in [-0.39, 0.29) is 5.41 Å². The summed E-state index contributed by atoms with van der Waals surface area (Å²) >= 11 is 1.86. The van der Waals surface area contributed by atoms with E-state index < -0.39 is 0 Å². The Labute approximate surface area is 375 Å². The Morgan fingerprint density at radius 1 is 0.406 bits per heavy atom. The molecular weight excluding hydrogens is 795 g/mol.